The number of amides is 1. The second-order valence-electron chi connectivity index (χ2n) is 5.55. The van der Waals surface area contributed by atoms with Gasteiger partial charge in [-0.15, -0.1) is 0 Å². The minimum Gasteiger partial charge on any atom is -0.497 e. The van der Waals surface area contributed by atoms with Crippen LogP contribution in [0.4, 0.5) is 5.69 Å². The molecule has 0 fully saturated rings. The molecule has 27 heavy (non-hydrogen) atoms. The molecule has 0 aliphatic heterocycles. The number of halogens is 1. The van der Waals surface area contributed by atoms with Gasteiger partial charge in [0, 0.05) is 36.9 Å². The Hall–Kier alpha value is -2.84. The lowest BCUT2D eigenvalue weighted by Crippen LogP contribution is -2.33. The lowest BCUT2D eigenvalue weighted by molar-refractivity contribution is -0.384. The van der Waals surface area contributed by atoms with E-state index in [0.29, 0.717) is 17.1 Å². The monoisotopic (exact) mass is 394 g/mol. The predicted molar refractivity (Wildman–Crippen MR) is 99.5 cm³/mol. The van der Waals surface area contributed by atoms with Gasteiger partial charge in [0.1, 0.15) is 11.5 Å². The van der Waals surface area contributed by atoms with Gasteiger partial charge >= 0.3 is 0 Å². The summed E-state index contributed by atoms with van der Waals surface area (Å²) in [7, 11) is 3.02. The fourth-order valence-corrected chi connectivity index (χ4v) is 2.72. The summed E-state index contributed by atoms with van der Waals surface area (Å²) in [5.41, 5.74) is 0.433. The molecule has 8 nitrogen and oxygen atoms in total. The minimum absolute atomic E-state index is 0.00760. The first kappa shape index (κ1) is 20.5. The van der Waals surface area contributed by atoms with Gasteiger partial charge in [0.15, 0.2) is 0 Å². The molecule has 1 amide bonds. The molecule has 0 unspecified atom stereocenters. The molecule has 0 radical (unpaired) electrons. The number of hydrogen-bond donors (Lipinski definition) is 1. The zero-order chi connectivity index (χ0) is 20.0. The Morgan fingerprint density at radius 3 is 2.56 bits per heavy atom. The Morgan fingerprint density at radius 1 is 1.22 bits per heavy atom. The van der Waals surface area contributed by atoms with Crippen molar-refractivity contribution in [1.82, 2.24) is 4.90 Å². The number of nitrogens with zero attached hydrogens (tertiary/aromatic N) is 2. The quantitative estimate of drug-likeness (QED) is 0.545. The molecule has 2 aromatic carbocycles. The Bertz CT molecular complexity index is 843. The fraction of sp³-hybridized carbons (Fsp3) is 0.278. The van der Waals surface area contributed by atoms with Crippen LogP contribution in [0.15, 0.2) is 36.4 Å². The molecule has 0 aromatic heterocycles. The molecule has 9 heteroatoms. The van der Waals surface area contributed by atoms with Gasteiger partial charge in [0.2, 0.25) is 0 Å². The van der Waals surface area contributed by atoms with Crippen molar-refractivity contribution in [3.8, 4) is 11.5 Å². The second-order valence-corrected chi connectivity index (χ2v) is 5.96. The van der Waals surface area contributed by atoms with E-state index in [0.717, 1.165) is 6.07 Å². The number of carbonyl (C=O) groups excluding carboxylic acids is 1. The highest BCUT2D eigenvalue weighted by Crippen LogP contribution is 2.28. The van der Waals surface area contributed by atoms with Gasteiger partial charge in [-0.3, -0.25) is 14.9 Å². The van der Waals surface area contributed by atoms with Crippen LogP contribution in [0.3, 0.4) is 0 Å². The summed E-state index contributed by atoms with van der Waals surface area (Å²) in [6.45, 7) is -0.143. The first-order valence-electron chi connectivity index (χ1n) is 7.96. The summed E-state index contributed by atoms with van der Waals surface area (Å²) >= 11 is 6.07. The lowest BCUT2D eigenvalue weighted by atomic mass is 10.1. The van der Waals surface area contributed by atoms with Crippen LogP contribution in [0, 0.1) is 10.1 Å². The molecule has 144 valence electrons. The third kappa shape index (κ3) is 4.87. The molecule has 0 saturated carbocycles. The van der Waals surface area contributed by atoms with Crippen LogP contribution >= 0.6 is 11.6 Å². The highest BCUT2D eigenvalue weighted by molar-refractivity contribution is 6.33. The van der Waals surface area contributed by atoms with Crippen molar-refractivity contribution < 1.29 is 24.3 Å². The number of methoxy groups -OCH3 is 2. The van der Waals surface area contributed by atoms with Crippen molar-refractivity contribution >= 4 is 23.2 Å². The van der Waals surface area contributed by atoms with E-state index >= 15 is 0 Å². The SMILES string of the molecule is COc1ccc(CN(CCO)C(=O)c2cc([N+](=O)[O-])ccc2Cl)c(OC)c1. The average Bonchev–Trinajstić information content (AvgIpc) is 2.67. The number of nitro groups is 1. The van der Waals surface area contributed by atoms with Crippen molar-refractivity contribution in [3.63, 3.8) is 0 Å². The standard InChI is InChI=1S/C18H19ClN2O6/c1-26-14-5-3-12(17(10-14)27-2)11-20(7-8-22)18(23)15-9-13(21(24)25)4-6-16(15)19/h3-6,9-10,22H,7-8,11H2,1-2H3. The zero-order valence-electron chi connectivity index (χ0n) is 14.8. The summed E-state index contributed by atoms with van der Waals surface area (Å²) in [5, 5.41) is 20.4. The third-order valence-electron chi connectivity index (χ3n) is 3.90. The number of non-ortho nitro benzene ring substituents is 1. The summed E-state index contributed by atoms with van der Waals surface area (Å²) < 4.78 is 10.5. The topological polar surface area (TPSA) is 102 Å². The molecular weight excluding hydrogens is 376 g/mol. The summed E-state index contributed by atoms with van der Waals surface area (Å²) in [4.78, 5) is 24.6. The maximum absolute atomic E-state index is 12.9. The first-order valence-corrected chi connectivity index (χ1v) is 8.34. The highest BCUT2D eigenvalue weighted by Gasteiger charge is 2.22. The van der Waals surface area contributed by atoms with Crippen LogP contribution in [0.1, 0.15) is 15.9 Å². The fourth-order valence-electron chi connectivity index (χ4n) is 2.52. The number of hydrogen-bond acceptors (Lipinski definition) is 6. The molecule has 2 rings (SSSR count). The van der Waals surface area contributed by atoms with E-state index in [9.17, 15) is 20.0 Å². The molecule has 2 aromatic rings. The number of rotatable bonds is 8. The smallest absolute Gasteiger partial charge is 0.270 e. The Balaban J connectivity index is 2.36. The van der Waals surface area contributed by atoms with Crippen LogP contribution in [0.2, 0.25) is 5.02 Å². The van der Waals surface area contributed by atoms with Gasteiger partial charge in [-0.2, -0.15) is 0 Å². The lowest BCUT2D eigenvalue weighted by Gasteiger charge is -2.23. The number of aliphatic hydroxyl groups excluding tert-OH is 1. The van der Waals surface area contributed by atoms with Gasteiger partial charge in [0.05, 0.1) is 36.3 Å². The van der Waals surface area contributed by atoms with E-state index in [2.05, 4.69) is 0 Å². The van der Waals surface area contributed by atoms with Gasteiger partial charge in [-0.25, -0.2) is 0 Å². The number of benzene rings is 2. The predicted octanol–water partition coefficient (Wildman–Crippen LogP) is 2.90. The Morgan fingerprint density at radius 2 is 1.96 bits per heavy atom. The number of ether oxygens (including phenoxy) is 2. The van der Waals surface area contributed by atoms with Crippen molar-refractivity contribution in [3.05, 3.63) is 62.7 Å². The van der Waals surface area contributed by atoms with Gasteiger partial charge in [-0.1, -0.05) is 11.6 Å². The maximum Gasteiger partial charge on any atom is 0.270 e. The number of carbonyl (C=O) groups is 1. The van der Waals surface area contributed by atoms with Crippen LogP contribution in [-0.2, 0) is 6.54 Å². The third-order valence-corrected chi connectivity index (χ3v) is 4.23. The summed E-state index contributed by atoms with van der Waals surface area (Å²) in [6.07, 6.45) is 0. The minimum atomic E-state index is -0.601. The summed E-state index contributed by atoms with van der Waals surface area (Å²) in [5.74, 6) is 0.572. The molecule has 0 bridgehead atoms. The maximum atomic E-state index is 12.9. The molecule has 0 heterocycles. The van der Waals surface area contributed by atoms with Crippen molar-refractivity contribution in [2.75, 3.05) is 27.4 Å². The van der Waals surface area contributed by atoms with Gasteiger partial charge in [-0.05, 0) is 18.2 Å². The second kappa shape index (κ2) is 9.20. The number of aliphatic hydroxyl groups is 1. The van der Waals surface area contributed by atoms with E-state index in [-0.39, 0.29) is 36.0 Å². The van der Waals surface area contributed by atoms with Crippen molar-refractivity contribution in [1.29, 1.82) is 0 Å². The molecule has 0 atom stereocenters. The number of nitro benzene ring substituents is 1. The Labute approximate surface area is 161 Å². The summed E-state index contributed by atoms with van der Waals surface area (Å²) in [6, 6.07) is 8.79. The molecular formula is C18H19ClN2O6. The average molecular weight is 395 g/mol. The van der Waals surface area contributed by atoms with E-state index in [1.54, 1.807) is 18.2 Å². The largest absolute Gasteiger partial charge is 0.497 e. The van der Waals surface area contributed by atoms with Gasteiger partial charge in [0.25, 0.3) is 11.6 Å². The zero-order valence-corrected chi connectivity index (χ0v) is 15.6. The van der Waals surface area contributed by atoms with Crippen molar-refractivity contribution in [2.24, 2.45) is 0 Å². The molecule has 0 saturated heterocycles. The van der Waals surface area contributed by atoms with Crippen LogP contribution < -0.4 is 9.47 Å². The van der Waals surface area contributed by atoms with Crippen molar-refractivity contribution in [2.45, 2.75) is 6.54 Å². The normalized spacial score (nSPS) is 10.4. The molecule has 0 aliphatic rings. The van der Waals surface area contributed by atoms with Crippen LogP contribution in [-0.4, -0.2) is 48.2 Å². The first-order chi connectivity index (χ1) is 12.9. The van der Waals surface area contributed by atoms with Crippen LogP contribution in [0.5, 0.6) is 11.5 Å². The molecule has 0 spiro atoms. The van der Waals surface area contributed by atoms with Gasteiger partial charge < -0.3 is 19.5 Å². The van der Waals surface area contributed by atoms with E-state index < -0.39 is 10.8 Å². The highest BCUT2D eigenvalue weighted by atomic mass is 35.5. The molecule has 1 N–H and O–H groups in total. The van der Waals surface area contributed by atoms with Crippen LogP contribution in [0.25, 0.3) is 0 Å². The van der Waals surface area contributed by atoms with E-state index in [1.807, 2.05) is 0 Å². The molecule has 0 aliphatic carbocycles. The van der Waals surface area contributed by atoms with E-state index in [4.69, 9.17) is 21.1 Å². The van der Waals surface area contributed by atoms with E-state index in [1.165, 1.54) is 31.3 Å². The Kier molecular flexibility index (Phi) is 6.98.